The molecule has 1 aliphatic rings. The van der Waals surface area contributed by atoms with Crippen molar-refractivity contribution in [1.82, 2.24) is 5.32 Å². The van der Waals surface area contributed by atoms with E-state index in [9.17, 15) is 4.79 Å². The first-order valence-electron chi connectivity index (χ1n) is 9.65. The summed E-state index contributed by atoms with van der Waals surface area (Å²) in [6.07, 6.45) is 2.83. The quantitative estimate of drug-likeness (QED) is 0.546. The highest BCUT2D eigenvalue weighted by atomic mass is 32.2. The third kappa shape index (κ3) is 4.35. The van der Waals surface area contributed by atoms with Crippen LogP contribution in [0.25, 0.3) is 16.8 Å². The molecule has 1 N–H and O–H groups in total. The number of hydrogen-bond donors (Lipinski definition) is 1. The number of rotatable bonds is 5. The monoisotopic (exact) mass is 402 g/mol. The Balaban J connectivity index is 1.70. The predicted octanol–water partition coefficient (Wildman–Crippen LogP) is 5.83. The molecule has 3 aromatic carbocycles. The first-order valence-corrected chi connectivity index (χ1v) is 10.5. The van der Waals surface area contributed by atoms with E-state index in [4.69, 9.17) is 4.74 Å². The molecule has 0 radical (unpaired) electrons. The Labute approximate surface area is 174 Å². The van der Waals surface area contributed by atoms with E-state index in [0.717, 1.165) is 34.2 Å². The van der Waals surface area contributed by atoms with Crippen LogP contribution in [0.2, 0.25) is 0 Å². The molecule has 1 aliphatic heterocycles. The van der Waals surface area contributed by atoms with Crippen LogP contribution in [-0.4, -0.2) is 17.7 Å². The zero-order valence-electron chi connectivity index (χ0n) is 16.4. The lowest BCUT2D eigenvalue weighted by Crippen LogP contribution is -2.19. The SMILES string of the molecule is CCCOc1ccc2ccccc2c1/C=C1\SC(=Nc2ccc(C)cc2)NC1=O. The summed E-state index contributed by atoms with van der Waals surface area (Å²) in [5.41, 5.74) is 2.91. The molecule has 0 unspecified atom stereocenters. The number of aryl methyl sites for hydroxylation is 1. The smallest absolute Gasteiger partial charge is 0.264 e. The summed E-state index contributed by atoms with van der Waals surface area (Å²) in [6, 6.07) is 20.0. The van der Waals surface area contributed by atoms with Gasteiger partial charge in [-0.05, 0) is 60.2 Å². The van der Waals surface area contributed by atoms with E-state index in [2.05, 4.69) is 35.4 Å². The lowest BCUT2D eigenvalue weighted by Gasteiger charge is -2.11. The second kappa shape index (κ2) is 8.53. The fourth-order valence-electron chi connectivity index (χ4n) is 3.11. The molecule has 5 heteroatoms. The molecule has 0 saturated carbocycles. The average molecular weight is 403 g/mol. The van der Waals surface area contributed by atoms with Crippen LogP contribution in [0.15, 0.2) is 70.6 Å². The van der Waals surface area contributed by atoms with Gasteiger partial charge in [-0.15, -0.1) is 0 Å². The Bertz CT molecular complexity index is 1120. The van der Waals surface area contributed by atoms with Crippen molar-refractivity contribution in [3.63, 3.8) is 0 Å². The molecule has 0 atom stereocenters. The molecule has 0 bridgehead atoms. The van der Waals surface area contributed by atoms with E-state index in [1.54, 1.807) is 0 Å². The van der Waals surface area contributed by atoms with Crippen LogP contribution >= 0.6 is 11.8 Å². The summed E-state index contributed by atoms with van der Waals surface area (Å²) in [7, 11) is 0. The van der Waals surface area contributed by atoms with Gasteiger partial charge in [0.05, 0.1) is 17.2 Å². The van der Waals surface area contributed by atoms with Crippen molar-refractivity contribution in [2.24, 2.45) is 4.99 Å². The summed E-state index contributed by atoms with van der Waals surface area (Å²) in [5.74, 6) is 0.644. The van der Waals surface area contributed by atoms with Crippen LogP contribution < -0.4 is 10.1 Å². The van der Waals surface area contributed by atoms with Crippen molar-refractivity contribution in [2.75, 3.05) is 6.61 Å². The number of nitrogens with zero attached hydrogens (tertiary/aromatic N) is 1. The fraction of sp³-hybridized carbons (Fsp3) is 0.167. The fourth-order valence-corrected chi connectivity index (χ4v) is 3.93. The van der Waals surface area contributed by atoms with E-state index in [1.165, 1.54) is 17.3 Å². The number of carbonyl (C=O) groups is 1. The van der Waals surface area contributed by atoms with Crippen molar-refractivity contribution in [2.45, 2.75) is 20.3 Å². The van der Waals surface area contributed by atoms with Gasteiger partial charge in [0.15, 0.2) is 5.17 Å². The minimum Gasteiger partial charge on any atom is -0.493 e. The molecule has 0 aromatic heterocycles. The Hall–Kier alpha value is -3.05. The van der Waals surface area contributed by atoms with Gasteiger partial charge in [0.1, 0.15) is 5.75 Å². The maximum absolute atomic E-state index is 12.6. The Morgan fingerprint density at radius 3 is 2.66 bits per heavy atom. The summed E-state index contributed by atoms with van der Waals surface area (Å²) < 4.78 is 5.96. The van der Waals surface area contributed by atoms with Crippen LogP contribution in [0.1, 0.15) is 24.5 Å². The van der Waals surface area contributed by atoms with Gasteiger partial charge in [-0.3, -0.25) is 4.79 Å². The van der Waals surface area contributed by atoms with Crippen molar-refractivity contribution in [3.05, 3.63) is 76.7 Å². The van der Waals surface area contributed by atoms with Crippen molar-refractivity contribution in [3.8, 4) is 5.75 Å². The van der Waals surface area contributed by atoms with E-state index >= 15 is 0 Å². The number of amidine groups is 1. The zero-order valence-corrected chi connectivity index (χ0v) is 17.3. The number of nitrogens with one attached hydrogen (secondary N) is 1. The van der Waals surface area contributed by atoms with Crippen LogP contribution in [0.5, 0.6) is 5.75 Å². The Morgan fingerprint density at radius 2 is 1.86 bits per heavy atom. The minimum absolute atomic E-state index is 0.143. The Morgan fingerprint density at radius 1 is 1.07 bits per heavy atom. The van der Waals surface area contributed by atoms with Gasteiger partial charge in [-0.1, -0.05) is 55.0 Å². The van der Waals surface area contributed by atoms with E-state index in [-0.39, 0.29) is 5.91 Å². The average Bonchev–Trinajstić information content (AvgIpc) is 3.08. The second-order valence-electron chi connectivity index (χ2n) is 6.86. The summed E-state index contributed by atoms with van der Waals surface area (Å²) in [4.78, 5) is 17.7. The number of fused-ring (bicyclic) bond motifs is 1. The number of thioether (sulfide) groups is 1. The summed E-state index contributed by atoms with van der Waals surface area (Å²) in [6.45, 7) is 4.74. The highest BCUT2D eigenvalue weighted by Gasteiger charge is 2.24. The molecule has 1 heterocycles. The maximum atomic E-state index is 12.6. The highest BCUT2D eigenvalue weighted by molar-refractivity contribution is 8.18. The number of carbonyl (C=O) groups excluding carboxylic acids is 1. The van der Waals surface area contributed by atoms with Gasteiger partial charge < -0.3 is 10.1 Å². The summed E-state index contributed by atoms with van der Waals surface area (Å²) in [5, 5.41) is 5.62. The molecule has 4 rings (SSSR count). The van der Waals surface area contributed by atoms with E-state index in [0.29, 0.717) is 16.7 Å². The molecule has 29 heavy (non-hydrogen) atoms. The minimum atomic E-state index is -0.143. The van der Waals surface area contributed by atoms with Gasteiger partial charge >= 0.3 is 0 Å². The van der Waals surface area contributed by atoms with Crippen molar-refractivity contribution < 1.29 is 9.53 Å². The molecular formula is C24H22N2O2S. The first-order chi connectivity index (χ1) is 14.1. The number of aliphatic imine (C=N–C) groups is 1. The molecule has 0 aliphatic carbocycles. The van der Waals surface area contributed by atoms with Crippen LogP contribution in [0, 0.1) is 6.92 Å². The van der Waals surface area contributed by atoms with Gasteiger partial charge in [-0.2, -0.15) is 0 Å². The van der Waals surface area contributed by atoms with Crippen LogP contribution in [0.3, 0.4) is 0 Å². The Kier molecular flexibility index (Phi) is 5.67. The molecule has 1 saturated heterocycles. The highest BCUT2D eigenvalue weighted by Crippen LogP contribution is 2.34. The first kappa shape index (κ1) is 19.3. The van der Waals surface area contributed by atoms with Gasteiger partial charge in [0.2, 0.25) is 0 Å². The van der Waals surface area contributed by atoms with E-state index < -0.39 is 0 Å². The van der Waals surface area contributed by atoms with Crippen molar-refractivity contribution in [1.29, 1.82) is 0 Å². The molecule has 0 spiro atoms. The standard InChI is InChI=1S/C24H22N2O2S/c1-3-14-28-21-13-10-17-6-4-5-7-19(17)20(21)15-22-23(27)26-24(29-22)25-18-11-8-16(2)9-12-18/h4-13,15H,3,14H2,1-2H3,(H,25,26,27)/b22-15-. The third-order valence-corrected chi connectivity index (χ3v) is 5.49. The number of ether oxygens (including phenoxy) is 1. The molecule has 3 aromatic rings. The van der Waals surface area contributed by atoms with Gasteiger partial charge in [0.25, 0.3) is 5.91 Å². The van der Waals surface area contributed by atoms with Crippen LogP contribution in [-0.2, 0) is 4.79 Å². The molecule has 1 amide bonds. The van der Waals surface area contributed by atoms with Crippen LogP contribution in [0.4, 0.5) is 5.69 Å². The van der Waals surface area contributed by atoms with Gasteiger partial charge in [-0.25, -0.2) is 4.99 Å². The van der Waals surface area contributed by atoms with E-state index in [1.807, 2.05) is 55.5 Å². The molecule has 146 valence electrons. The number of benzene rings is 3. The summed E-state index contributed by atoms with van der Waals surface area (Å²) >= 11 is 1.35. The number of hydrogen-bond acceptors (Lipinski definition) is 4. The molecule has 4 nitrogen and oxygen atoms in total. The zero-order chi connectivity index (χ0) is 20.2. The van der Waals surface area contributed by atoms with Gasteiger partial charge in [0, 0.05) is 5.56 Å². The second-order valence-corrected chi connectivity index (χ2v) is 7.89. The number of amides is 1. The normalized spacial score (nSPS) is 16.6. The third-order valence-electron chi connectivity index (χ3n) is 4.58. The maximum Gasteiger partial charge on any atom is 0.264 e. The largest absolute Gasteiger partial charge is 0.493 e. The topological polar surface area (TPSA) is 50.7 Å². The van der Waals surface area contributed by atoms with Crippen molar-refractivity contribution >= 4 is 45.4 Å². The molecular weight excluding hydrogens is 380 g/mol. The lowest BCUT2D eigenvalue weighted by molar-refractivity contribution is -0.115. The predicted molar refractivity (Wildman–Crippen MR) is 122 cm³/mol. The lowest BCUT2D eigenvalue weighted by atomic mass is 10.0. The molecule has 1 fully saturated rings.